The van der Waals surface area contributed by atoms with Gasteiger partial charge in [-0.05, 0) is 27.7 Å². The van der Waals surface area contributed by atoms with Gasteiger partial charge in [-0.15, -0.1) is 0 Å². The molecular formula is C20H30I4Mo2N2O2. The van der Waals surface area contributed by atoms with Crippen molar-refractivity contribution in [1.29, 1.82) is 0 Å². The number of hydrogen-bond acceptors (Lipinski definition) is 2. The van der Waals surface area contributed by atoms with Crippen LogP contribution in [0.25, 0.3) is 11.2 Å². The molecule has 2 aliphatic carbocycles. The van der Waals surface area contributed by atoms with Gasteiger partial charge >= 0.3 is 99.8 Å². The van der Waals surface area contributed by atoms with Crippen molar-refractivity contribution in [3.63, 3.8) is 0 Å². The monoisotopic (exact) mass is 1030 g/mol. The molecule has 0 aromatic carbocycles. The van der Waals surface area contributed by atoms with Gasteiger partial charge in [0.15, 0.2) is 0 Å². The fourth-order valence-electron chi connectivity index (χ4n) is 2.81. The average Bonchev–Trinajstić information content (AvgIpc) is 3.03. The zero-order valence-electron chi connectivity index (χ0n) is 19.0. The Morgan fingerprint density at radius 2 is 0.600 bits per heavy atom. The average molecular weight is 1030 g/mol. The minimum Gasteiger partial charge on any atom is -0.577 e. The first-order chi connectivity index (χ1) is 13.9. The summed E-state index contributed by atoms with van der Waals surface area (Å²) in [6.45, 7) is 22.0. The van der Waals surface area contributed by atoms with Gasteiger partial charge in [0.25, 0.3) is 0 Å². The van der Waals surface area contributed by atoms with Crippen LogP contribution in [0.2, 0.25) is 0 Å². The molecule has 2 aliphatic rings. The van der Waals surface area contributed by atoms with Crippen LogP contribution in [0.3, 0.4) is 0 Å². The third-order valence-electron chi connectivity index (χ3n) is 5.62. The zero-order valence-corrected chi connectivity index (χ0v) is 31.7. The van der Waals surface area contributed by atoms with E-state index in [-0.39, 0.29) is 0 Å². The molecule has 0 fully saturated rings. The van der Waals surface area contributed by atoms with Gasteiger partial charge in [-0.25, -0.2) is 0 Å². The largest absolute Gasteiger partial charge is 0.577 e. The van der Waals surface area contributed by atoms with Gasteiger partial charge in [0.05, 0.1) is 56.4 Å². The van der Waals surface area contributed by atoms with Crippen LogP contribution in [0.15, 0.2) is 44.6 Å². The summed E-state index contributed by atoms with van der Waals surface area (Å²) in [5.41, 5.74) is 23.2. The third kappa shape index (κ3) is 14.5. The first kappa shape index (κ1) is 39.4. The van der Waals surface area contributed by atoms with E-state index in [1.165, 1.54) is 56.4 Å². The Balaban J connectivity index is -0.000000159. The molecule has 0 unspecified atom stereocenters. The summed E-state index contributed by atoms with van der Waals surface area (Å²) in [6, 6.07) is 0. The molecule has 0 amide bonds. The van der Waals surface area contributed by atoms with Crippen molar-refractivity contribution in [2.75, 3.05) is 0 Å². The van der Waals surface area contributed by atoms with E-state index in [0.717, 1.165) is 0 Å². The standard InChI is InChI=1S/2C10H15.4HI.2Mo.2NO/c2*1-6-7(2)9(4)10(5)8(6)3;;;;;;;2*1-2/h2*1-5H3;4*1H;;;;/q2*+1;;;;;2*+2;2*-1/p-4. The van der Waals surface area contributed by atoms with E-state index in [2.05, 4.69) is 147 Å². The van der Waals surface area contributed by atoms with E-state index in [4.69, 9.17) is 21.0 Å². The Morgan fingerprint density at radius 3 is 0.633 bits per heavy atom. The van der Waals surface area contributed by atoms with Crippen LogP contribution < -0.4 is 0 Å². The molecule has 0 aliphatic heterocycles. The number of nitroso groups, excluding NO2 is 2. The summed E-state index contributed by atoms with van der Waals surface area (Å²) >= 11 is 10.4. The molecule has 0 bridgehead atoms. The fourth-order valence-corrected chi connectivity index (χ4v) is 2.81. The first-order valence-electron chi connectivity index (χ1n) is 8.48. The van der Waals surface area contributed by atoms with Crippen LogP contribution in [0, 0.1) is 21.6 Å². The van der Waals surface area contributed by atoms with Crippen molar-refractivity contribution in [1.82, 2.24) is 0 Å². The molecule has 10 heteroatoms. The van der Waals surface area contributed by atoms with Gasteiger partial charge in [0.2, 0.25) is 0 Å². The topological polar surface area (TPSA) is 78.7 Å². The molecule has 0 aromatic heterocycles. The molecule has 0 radical (unpaired) electrons. The van der Waals surface area contributed by atoms with Crippen molar-refractivity contribution in [3.8, 4) is 0 Å². The van der Waals surface area contributed by atoms with Crippen molar-refractivity contribution >= 4 is 77.4 Å². The first-order valence-corrected chi connectivity index (χ1v) is 32.4. The molecule has 4 nitrogen and oxygen atoms in total. The SMILES string of the molecule is CC1=C(C)[C+](C)C(C)=C1C.CC1=C(C)[C+](C)C(C)=C1C.[I][Mo][I].[I][Mo][I].[N-]=O.[N-]=O. The molecule has 0 saturated heterocycles. The molecule has 0 aromatic rings. The molecule has 172 valence electrons. The van der Waals surface area contributed by atoms with Gasteiger partial charge < -0.3 is 21.0 Å². The molecule has 30 heavy (non-hydrogen) atoms. The Morgan fingerprint density at radius 1 is 0.500 bits per heavy atom. The van der Waals surface area contributed by atoms with Crippen molar-refractivity contribution in [3.05, 3.63) is 77.4 Å². The summed E-state index contributed by atoms with van der Waals surface area (Å²) in [7, 11) is 0. The van der Waals surface area contributed by atoms with Crippen molar-refractivity contribution in [2.45, 2.75) is 69.2 Å². The van der Waals surface area contributed by atoms with Gasteiger partial charge in [-0.1, -0.05) is 0 Å². The molecule has 0 N–H and O–H groups in total. The van der Waals surface area contributed by atoms with Crippen LogP contribution in [0.4, 0.5) is 0 Å². The number of halogens is 4. The number of hydrogen-bond donors (Lipinski definition) is 0. The second-order valence-corrected chi connectivity index (χ2v) is 37.3. The number of nitrogens with zero attached hydrogens (tertiary/aromatic N) is 2. The van der Waals surface area contributed by atoms with Gasteiger partial charge in [0.1, 0.15) is 0 Å². The Labute approximate surface area is 242 Å². The molecule has 0 atom stereocenters. The molecule has 0 heterocycles. The van der Waals surface area contributed by atoms with E-state index < -0.39 is 0 Å². The quantitative estimate of drug-likeness (QED) is 0.138. The maximum atomic E-state index is 7.25. The number of allylic oxidation sites excluding steroid dienone is 8. The Bertz CT molecular complexity index is 534. The summed E-state index contributed by atoms with van der Waals surface area (Å²) in [6.07, 6.45) is 0. The van der Waals surface area contributed by atoms with Gasteiger partial charge in [0, 0.05) is 41.5 Å². The summed E-state index contributed by atoms with van der Waals surface area (Å²) in [4.78, 5) is 14.5. The predicted molar refractivity (Wildman–Crippen MR) is 161 cm³/mol. The second kappa shape index (κ2) is 24.3. The maximum Gasteiger partial charge on any atom is -0.423 e. The van der Waals surface area contributed by atoms with E-state index in [1.807, 2.05) is 0 Å². The van der Waals surface area contributed by atoms with Crippen LogP contribution >= 0.6 is 77.4 Å². The minimum absolute atomic E-state index is 0.410. The normalized spacial score (nSPS) is 14.5. The summed E-state index contributed by atoms with van der Waals surface area (Å²) < 4.78 is 0. The van der Waals surface area contributed by atoms with Gasteiger partial charge in [-0.3, -0.25) is 0 Å². The van der Waals surface area contributed by atoms with Crippen molar-refractivity contribution in [2.24, 2.45) is 0 Å². The number of rotatable bonds is 0. The molecule has 2 rings (SSSR count). The smallest absolute Gasteiger partial charge is 0.423 e. The van der Waals surface area contributed by atoms with E-state index in [1.54, 1.807) is 0 Å². The summed E-state index contributed by atoms with van der Waals surface area (Å²) in [5, 5.41) is 0. The molecule has 0 saturated carbocycles. The third-order valence-corrected chi connectivity index (χ3v) is 5.62. The van der Waals surface area contributed by atoms with E-state index in [9.17, 15) is 0 Å². The minimum atomic E-state index is 0.410. The van der Waals surface area contributed by atoms with Crippen LogP contribution in [-0.2, 0) is 22.4 Å². The Kier molecular flexibility index (Phi) is 32.0. The van der Waals surface area contributed by atoms with Crippen LogP contribution in [0.1, 0.15) is 69.2 Å². The van der Waals surface area contributed by atoms with E-state index >= 15 is 0 Å². The maximum absolute atomic E-state index is 7.25. The van der Waals surface area contributed by atoms with Crippen LogP contribution in [-0.4, -0.2) is 0 Å². The molecular weight excluding hydrogens is 1000 g/mol. The van der Waals surface area contributed by atoms with Crippen LogP contribution in [0.5, 0.6) is 0 Å². The second-order valence-electron chi connectivity index (χ2n) is 6.37. The summed E-state index contributed by atoms with van der Waals surface area (Å²) in [5.74, 6) is 2.94. The molecule has 0 spiro atoms. The van der Waals surface area contributed by atoms with Crippen molar-refractivity contribution < 1.29 is 22.4 Å². The zero-order chi connectivity index (χ0) is 25.2. The van der Waals surface area contributed by atoms with Gasteiger partial charge in [-0.2, -0.15) is 0 Å². The fraction of sp³-hybridized carbons (Fsp3) is 0.500. The Hall–Kier alpha value is 2.20. The van der Waals surface area contributed by atoms with E-state index in [0.29, 0.717) is 22.4 Å². The predicted octanol–water partition coefficient (Wildman–Crippen LogP) is 10.7.